The molecule has 1 aliphatic rings. The molecule has 0 radical (unpaired) electrons. The summed E-state index contributed by atoms with van der Waals surface area (Å²) in [5.41, 5.74) is 0.661. The van der Waals surface area contributed by atoms with Crippen molar-refractivity contribution in [3.8, 4) is 0 Å². The number of hydrogen-bond acceptors (Lipinski definition) is 2. The van der Waals surface area contributed by atoms with Gasteiger partial charge in [0.2, 0.25) is 5.91 Å². The van der Waals surface area contributed by atoms with Crippen LogP contribution in [0.2, 0.25) is 0 Å². The van der Waals surface area contributed by atoms with Gasteiger partial charge in [0.05, 0.1) is 0 Å². The van der Waals surface area contributed by atoms with E-state index in [4.69, 9.17) is 0 Å². The van der Waals surface area contributed by atoms with Gasteiger partial charge >= 0.3 is 0 Å². The first kappa shape index (κ1) is 12.6. The average Bonchev–Trinajstić information content (AvgIpc) is 2.77. The highest BCUT2D eigenvalue weighted by Gasteiger charge is 2.28. The van der Waals surface area contributed by atoms with E-state index in [1.807, 2.05) is 30.0 Å². The lowest BCUT2D eigenvalue weighted by Gasteiger charge is -2.14. The maximum absolute atomic E-state index is 11.8. The number of nitrogens with zero attached hydrogens (tertiary/aromatic N) is 1. The van der Waals surface area contributed by atoms with Gasteiger partial charge in [0.25, 0.3) is 5.91 Å². The minimum absolute atomic E-state index is 0.0713. The number of benzene rings is 1. The largest absolute Gasteiger partial charge is 0.352 e. The molecule has 1 atom stereocenters. The molecule has 18 heavy (non-hydrogen) atoms. The predicted molar refractivity (Wildman–Crippen MR) is 69.1 cm³/mol. The summed E-state index contributed by atoms with van der Waals surface area (Å²) in [7, 11) is 0. The van der Waals surface area contributed by atoms with Gasteiger partial charge in [-0.3, -0.25) is 9.59 Å². The van der Waals surface area contributed by atoms with Crippen LogP contribution in [0.3, 0.4) is 0 Å². The van der Waals surface area contributed by atoms with Crippen molar-refractivity contribution in [3.63, 3.8) is 0 Å². The summed E-state index contributed by atoms with van der Waals surface area (Å²) in [4.78, 5) is 25.2. The van der Waals surface area contributed by atoms with E-state index < -0.39 is 0 Å². The average molecular weight is 246 g/mol. The van der Waals surface area contributed by atoms with Crippen LogP contribution in [0.4, 0.5) is 0 Å². The molecule has 1 aromatic rings. The minimum atomic E-state index is -0.0713. The summed E-state index contributed by atoms with van der Waals surface area (Å²) >= 11 is 0. The summed E-state index contributed by atoms with van der Waals surface area (Å²) in [5.74, 6) is 0.361. The summed E-state index contributed by atoms with van der Waals surface area (Å²) < 4.78 is 0. The van der Waals surface area contributed by atoms with Gasteiger partial charge in [0, 0.05) is 37.5 Å². The van der Waals surface area contributed by atoms with Crippen LogP contribution in [-0.2, 0) is 4.79 Å². The number of nitrogens with one attached hydrogen (secondary N) is 1. The lowest BCUT2D eigenvalue weighted by Crippen LogP contribution is -2.31. The van der Waals surface area contributed by atoms with Crippen LogP contribution in [-0.4, -0.2) is 36.3 Å². The normalized spacial score (nSPS) is 19.1. The molecule has 1 heterocycles. The standard InChI is InChI=1S/C14H18N2O2/c1-2-16-10-11(8-13(16)17)9-15-14(18)12-6-4-3-5-7-12/h3-7,11H,2,8-10H2,1H3,(H,15,18). The van der Waals surface area contributed by atoms with Gasteiger partial charge in [-0.25, -0.2) is 0 Å². The van der Waals surface area contributed by atoms with Gasteiger partial charge < -0.3 is 10.2 Å². The van der Waals surface area contributed by atoms with Crippen LogP contribution in [0.25, 0.3) is 0 Å². The van der Waals surface area contributed by atoms with E-state index >= 15 is 0 Å². The summed E-state index contributed by atoms with van der Waals surface area (Å²) in [6.07, 6.45) is 0.545. The maximum Gasteiger partial charge on any atom is 0.251 e. The Morgan fingerprint density at radius 1 is 1.39 bits per heavy atom. The van der Waals surface area contributed by atoms with Gasteiger partial charge in [-0.1, -0.05) is 18.2 Å². The van der Waals surface area contributed by atoms with Gasteiger partial charge in [-0.15, -0.1) is 0 Å². The number of likely N-dealkylation sites (tertiary alicyclic amines) is 1. The maximum atomic E-state index is 11.8. The zero-order valence-electron chi connectivity index (χ0n) is 10.6. The van der Waals surface area contributed by atoms with Crippen LogP contribution < -0.4 is 5.32 Å². The zero-order chi connectivity index (χ0) is 13.0. The second-order valence-corrected chi connectivity index (χ2v) is 4.58. The van der Waals surface area contributed by atoms with Crippen molar-refractivity contribution in [1.82, 2.24) is 10.2 Å². The van der Waals surface area contributed by atoms with Crippen molar-refractivity contribution in [2.75, 3.05) is 19.6 Å². The van der Waals surface area contributed by atoms with E-state index in [9.17, 15) is 9.59 Å². The highest BCUT2D eigenvalue weighted by atomic mass is 16.2. The molecule has 0 saturated carbocycles. The molecule has 1 fully saturated rings. The fraction of sp³-hybridized carbons (Fsp3) is 0.429. The Balaban J connectivity index is 1.83. The topological polar surface area (TPSA) is 49.4 Å². The van der Waals surface area contributed by atoms with E-state index in [2.05, 4.69) is 5.32 Å². The third kappa shape index (κ3) is 2.88. The van der Waals surface area contributed by atoms with E-state index in [-0.39, 0.29) is 17.7 Å². The smallest absolute Gasteiger partial charge is 0.251 e. The molecule has 0 spiro atoms. The predicted octanol–water partition coefficient (Wildman–Crippen LogP) is 1.28. The highest BCUT2D eigenvalue weighted by molar-refractivity contribution is 5.94. The Kier molecular flexibility index (Phi) is 3.97. The van der Waals surface area contributed by atoms with Crippen molar-refractivity contribution >= 4 is 11.8 Å². The minimum Gasteiger partial charge on any atom is -0.352 e. The second-order valence-electron chi connectivity index (χ2n) is 4.58. The molecule has 0 aromatic heterocycles. The monoisotopic (exact) mass is 246 g/mol. The molecule has 1 unspecified atom stereocenters. The van der Waals surface area contributed by atoms with Crippen molar-refractivity contribution in [3.05, 3.63) is 35.9 Å². The number of carbonyl (C=O) groups excluding carboxylic acids is 2. The van der Waals surface area contributed by atoms with Crippen LogP contribution in [0, 0.1) is 5.92 Å². The molecule has 2 amide bonds. The van der Waals surface area contributed by atoms with E-state index in [0.717, 1.165) is 13.1 Å². The molecule has 1 aromatic carbocycles. The van der Waals surface area contributed by atoms with Crippen molar-refractivity contribution in [1.29, 1.82) is 0 Å². The lowest BCUT2D eigenvalue weighted by atomic mass is 10.1. The Morgan fingerprint density at radius 2 is 2.11 bits per heavy atom. The molecular formula is C14H18N2O2. The SMILES string of the molecule is CCN1CC(CNC(=O)c2ccccc2)CC1=O. The summed E-state index contributed by atoms with van der Waals surface area (Å²) in [6.45, 7) is 4.05. The number of amides is 2. The van der Waals surface area contributed by atoms with Gasteiger partial charge in [-0.2, -0.15) is 0 Å². The van der Waals surface area contributed by atoms with Crippen molar-refractivity contribution in [2.24, 2.45) is 5.92 Å². The van der Waals surface area contributed by atoms with Crippen LogP contribution in [0.1, 0.15) is 23.7 Å². The van der Waals surface area contributed by atoms with E-state index in [1.165, 1.54) is 0 Å². The van der Waals surface area contributed by atoms with Crippen LogP contribution >= 0.6 is 0 Å². The molecule has 1 aliphatic heterocycles. The molecule has 1 saturated heterocycles. The van der Waals surface area contributed by atoms with Gasteiger partial charge in [0.1, 0.15) is 0 Å². The van der Waals surface area contributed by atoms with Gasteiger partial charge in [-0.05, 0) is 19.1 Å². The second kappa shape index (κ2) is 5.67. The highest BCUT2D eigenvalue weighted by Crippen LogP contribution is 2.16. The Bertz CT molecular complexity index is 431. The van der Waals surface area contributed by atoms with Crippen LogP contribution in [0.5, 0.6) is 0 Å². The first-order chi connectivity index (χ1) is 8.70. The number of carbonyl (C=O) groups is 2. The first-order valence-corrected chi connectivity index (χ1v) is 6.31. The lowest BCUT2D eigenvalue weighted by molar-refractivity contribution is -0.127. The van der Waals surface area contributed by atoms with E-state index in [1.54, 1.807) is 12.1 Å². The Hall–Kier alpha value is -1.84. The number of hydrogen-bond donors (Lipinski definition) is 1. The molecule has 96 valence electrons. The van der Waals surface area contributed by atoms with Gasteiger partial charge in [0.15, 0.2) is 0 Å². The Labute approximate surface area is 107 Å². The molecule has 4 nitrogen and oxygen atoms in total. The molecule has 2 rings (SSSR count). The van der Waals surface area contributed by atoms with Crippen LogP contribution in [0.15, 0.2) is 30.3 Å². The third-order valence-corrected chi connectivity index (χ3v) is 3.26. The Morgan fingerprint density at radius 3 is 2.72 bits per heavy atom. The fourth-order valence-corrected chi connectivity index (χ4v) is 2.22. The van der Waals surface area contributed by atoms with E-state index in [0.29, 0.717) is 18.5 Å². The molecule has 0 bridgehead atoms. The summed E-state index contributed by atoms with van der Waals surface area (Å²) in [5, 5.41) is 2.89. The van der Waals surface area contributed by atoms with Crippen molar-refractivity contribution < 1.29 is 9.59 Å². The molecule has 1 N–H and O–H groups in total. The molecule has 0 aliphatic carbocycles. The third-order valence-electron chi connectivity index (χ3n) is 3.26. The quantitative estimate of drug-likeness (QED) is 0.870. The molecular weight excluding hydrogens is 228 g/mol. The van der Waals surface area contributed by atoms with Crippen molar-refractivity contribution in [2.45, 2.75) is 13.3 Å². The number of rotatable bonds is 4. The zero-order valence-corrected chi connectivity index (χ0v) is 10.6. The fourth-order valence-electron chi connectivity index (χ4n) is 2.22. The molecule has 4 heteroatoms. The summed E-state index contributed by atoms with van der Waals surface area (Å²) in [6, 6.07) is 9.13. The first-order valence-electron chi connectivity index (χ1n) is 6.31.